The first-order valence-corrected chi connectivity index (χ1v) is 7.14. The predicted molar refractivity (Wildman–Crippen MR) is 80.0 cm³/mol. The number of nitriles is 1. The summed E-state index contributed by atoms with van der Waals surface area (Å²) in [5, 5.41) is 13.1. The van der Waals surface area contributed by atoms with E-state index in [0.717, 1.165) is 10.2 Å². The van der Waals surface area contributed by atoms with Gasteiger partial charge in [0.15, 0.2) is 5.54 Å². The fourth-order valence-corrected chi connectivity index (χ4v) is 3.27. The molecule has 1 fully saturated rings. The topological polar surface area (TPSA) is 45.0 Å². The summed E-state index contributed by atoms with van der Waals surface area (Å²) < 4.78 is 7.04. The van der Waals surface area contributed by atoms with Crippen molar-refractivity contribution in [3.05, 3.63) is 28.7 Å². The molecule has 0 saturated carbocycles. The molecule has 1 aliphatic heterocycles. The van der Waals surface area contributed by atoms with Crippen molar-refractivity contribution in [2.75, 3.05) is 5.32 Å². The van der Waals surface area contributed by atoms with Gasteiger partial charge in [0.1, 0.15) is 0 Å². The lowest BCUT2D eigenvalue weighted by molar-refractivity contribution is -0.0713. The van der Waals surface area contributed by atoms with Crippen LogP contribution in [0.1, 0.15) is 34.1 Å². The minimum atomic E-state index is -0.725. The van der Waals surface area contributed by atoms with Crippen LogP contribution < -0.4 is 5.32 Å². The molecule has 0 aliphatic carbocycles. The summed E-state index contributed by atoms with van der Waals surface area (Å²) in [5.41, 5.74) is -0.659. The predicted octanol–water partition coefficient (Wildman–Crippen LogP) is 4.10. The highest BCUT2D eigenvalue weighted by Gasteiger charge is 2.58. The molecule has 1 aromatic rings. The Labute approximate surface area is 123 Å². The average Bonchev–Trinajstić information content (AvgIpc) is 2.43. The van der Waals surface area contributed by atoms with Crippen LogP contribution in [0.2, 0.25) is 0 Å². The van der Waals surface area contributed by atoms with Crippen molar-refractivity contribution in [2.24, 2.45) is 0 Å². The summed E-state index contributed by atoms with van der Waals surface area (Å²) in [6.45, 7) is 7.98. The molecule has 3 nitrogen and oxygen atoms in total. The largest absolute Gasteiger partial charge is 0.366 e. The van der Waals surface area contributed by atoms with E-state index >= 15 is 0 Å². The number of anilines is 1. The van der Waals surface area contributed by atoms with Crippen LogP contribution in [0.15, 0.2) is 28.7 Å². The Morgan fingerprint density at radius 3 is 2.47 bits per heavy atom. The molecule has 4 heteroatoms. The monoisotopic (exact) mass is 322 g/mol. The molecule has 1 aromatic carbocycles. The lowest BCUT2D eigenvalue weighted by Gasteiger charge is -2.35. The molecule has 0 aromatic heterocycles. The number of hydrogen-bond acceptors (Lipinski definition) is 3. The zero-order chi connectivity index (χ0) is 14.3. The summed E-state index contributed by atoms with van der Waals surface area (Å²) in [5.74, 6) is 0. The van der Waals surface area contributed by atoms with E-state index in [1.54, 1.807) is 0 Å². The summed E-state index contributed by atoms with van der Waals surface area (Å²) in [6.07, 6.45) is 0.649. The van der Waals surface area contributed by atoms with Gasteiger partial charge in [-0.3, -0.25) is 0 Å². The molecular formula is C15H19BrN2O. The first-order valence-electron chi connectivity index (χ1n) is 6.35. The Morgan fingerprint density at radius 2 is 2.00 bits per heavy atom. The first kappa shape index (κ1) is 14.4. The quantitative estimate of drug-likeness (QED) is 0.891. The highest BCUT2D eigenvalue weighted by molar-refractivity contribution is 9.10. The second kappa shape index (κ2) is 4.50. The van der Waals surface area contributed by atoms with Gasteiger partial charge in [-0.1, -0.05) is 22.0 Å². The van der Waals surface area contributed by atoms with Crippen molar-refractivity contribution >= 4 is 21.6 Å². The summed E-state index contributed by atoms with van der Waals surface area (Å²) in [4.78, 5) is 0. The lowest BCUT2D eigenvalue weighted by Crippen LogP contribution is -2.51. The fourth-order valence-electron chi connectivity index (χ4n) is 2.87. The van der Waals surface area contributed by atoms with Crippen molar-refractivity contribution in [2.45, 2.75) is 50.9 Å². The minimum absolute atomic E-state index is 0.307. The van der Waals surface area contributed by atoms with Crippen LogP contribution in [0.3, 0.4) is 0 Å². The second-order valence-electron chi connectivity index (χ2n) is 6.20. The van der Waals surface area contributed by atoms with Crippen molar-refractivity contribution in [1.29, 1.82) is 5.26 Å². The molecule has 0 amide bonds. The van der Waals surface area contributed by atoms with Crippen LogP contribution in [0.25, 0.3) is 0 Å². The van der Waals surface area contributed by atoms with Crippen LogP contribution in [0.4, 0.5) is 5.69 Å². The number of nitrogens with one attached hydrogen (secondary N) is 1. The summed E-state index contributed by atoms with van der Waals surface area (Å²) in [7, 11) is 0. The molecular weight excluding hydrogens is 304 g/mol. The van der Waals surface area contributed by atoms with E-state index in [2.05, 4.69) is 27.3 Å². The van der Waals surface area contributed by atoms with Gasteiger partial charge in [-0.15, -0.1) is 0 Å². The molecule has 0 spiro atoms. The Balaban J connectivity index is 2.37. The van der Waals surface area contributed by atoms with E-state index < -0.39 is 11.1 Å². The number of halogens is 1. The van der Waals surface area contributed by atoms with Crippen LogP contribution >= 0.6 is 15.9 Å². The smallest absolute Gasteiger partial charge is 0.156 e. The van der Waals surface area contributed by atoms with Gasteiger partial charge < -0.3 is 10.1 Å². The van der Waals surface area contributed by atoms with Crippen molar-refractivity contribution < 1.29 is 4.74 Å². The van der Waals surface area contributed by atoms with Crippen LogP contribution in [0.5, 0.6) is 0 Å². The highest BCUT2D eigenvalue weighted by atomic mass is 79.9. The van der Waals surface area contributed by atoms with Gasteiger partial charge in [-0.2, -0.15) is 5.26 Å². The van der Waals surface area contributed by atoms with Gasteiger partial charge in [0.05, 0.1) is 17.3 Å². The molecule has 0 bridgehead atoms. The molecule has 0 radical (unpaired) electrons. The third kappa shape index (κ3) is 2.63. The Kier molecular flexibility index (Phi) is 3.40. The minimum Gasteiger partial charge on any atom is -0.366 e. The van der Waals surface area contributed by atoms with Crippen LogP contribution in [-0.2, 0) is 4.74 Å². The fraction of sp³-hybridized carbons (Fsp3) is 0.533. The normalized spacial score (nSPS) is 27.8. The standard InChI is InChI=1S/C15H19BrN2O/c1-13(2)9-15(10-17,14(3,4)19-13)18-12-7-5-6-11(16)8-12/h5-8,18H,9H2,1-4H3. The molecule has 1 unspecified atom stereocenters. The van der Waals surface area contributed by atoms with E-state index in [-0.39, 0.29) is 5.60 Å². The van der Waals surface area contributed by atoms with Crippen molar-refractivity contribution in [3.8, 4) is 6.07 Å². The average molecular weight is 323 g/mol. The van der Waals surface area contributed by atoms with Gasteiger partial charge in [0, 0.05) is 16.6 Å². The molecule has 1 aliphatic rings. The molecule has 1 saturated heterocycles. The number of benzene rings is 1. The highest BCUT2D eigenvalue weighted by Crippen LogP contribution is 2.46. The Hall–Kier alpha value is -1.05. The van der Waals surface area contributed by atoms with Gasteiger partial charge in [0.25, 0.3) is 0 Å². The number of ether oxygens (including phenoxy) is 1. The zero-order valence-electron chi connectivity index (χ0n) is 11.7. The maximum absolute atomic E-state index is 9.71. The Bertz CT molecular complexity index is 533. The van der Waals surface area contributed by atoms with E-state index in [1.807, 2.05) is 52.0 Å². The van der Waals surface area contributed by atoms with Crippen molar-refractivity contribution in [1.82, 2.24) is 0 Å². The van der Waals surface area contributed by atoms with E-state index in [9.17, 15) is 5.26 Å². The molecule has 1 N–H and O–H groups in total. The van der Waals surface area contributed by atoms with Gasteiger partial charge in [-0.05, 0) is 45.9 Å². The summed E-state index contributed by atoms with van der Waals surface area (Å²) >= 11 is 3.45. The number of nitrogens with zero attached hydrogens (tertiary/aromatic N) is 1. The molecule has 102 valence electrons. The summed E-state index contributed by atoms with van der Waals surface area (Å²) in [6, 6.07) is 10.3. The molecule has 19 heavy (non-hydrogen) atoms. The maximum atomic E-state index is 9.71. The van der Waals surface area contributed by atoms with E-state index in [4.69, 9.17) is 4.74 Å². The van der Waals surface area contributed by atoms with Crippen molar-refractivity contribution in [3.63, 3.8) is 0 Å². The molecule has 1 heterocycles. The van der Waals surface area contributed by atoms with Crippen LogP contribution in [0, 0.1) is 11.3 Å². The van der Waals surface area contributed by atoms with Crippen LogP contribution in [-0.4, -0.2) is 16.7 Å². The first-order chi connectivity index (χ1) is 8.70. The van der Waals surface area contributed by atoms with Gasteiger partial charge in [0.2, 0.25) is 0 Å². The zero-order valence-corrected chi connectivity index (χ0v) is 13.3. The third-order valence-electron chi connectivity index (χ3n) is 3.62. The van der Waals surface area contributed by atoms with E-state index in [1.165, 1.54) is 0 Å². The lowest BCUT2D eigenvalue weighted by atomic mass is 9.80. The SMILES string of the molecule is CC1(C)CC(C#N)(Nc2cccc(Br)c2)C(C)(C)O1. The van der Waals surface area contributed by atoms with Gasteiger partial charge >= 0.3 is 0 Å². The molecule has 1 atom stereocenters. The number of hydrogen-bond donors (Lipinski definition) is 1. The van der Waals surface area contributed by atoms with Gasteiger partial charge in [-0.25, -0.2) is 0 Å². The van der Waals surface area contributed by atoms with E-state index in [0.29, 0.717) is 6.42 Å². The third-order valence-corrected chi connectivity index (χ3v) is 4.12. The second-order valence-corrected chi connectivity index (χ2v) is 7.12. The maximum Gasteiger partial charge on any atom is 0.156 e. The molecule has 2 rings (SSSR count). The number of rotatable bonds is 2. The Morgan fingerprint density at radius 1 is 1.32 bits per heavy atom.